The molecule has 0 aliphatic carbocycles. The van der Waals surface area contributed by atoms with Crippen LogP contribution in [-0.4, -0.2) is 16.2 Å². The summed E-state index contributed by atoms with van der Waals surface area (Å²) in [5.74, 6) is -3.77. The van der Waals surface area contributed by atoms with Crippen molar-refractivity contribution in [3.8, 4) is 5.75 Å². The van der Waals surface area contributed by atoms with Crippen LogP contribution in [0.1, 0.15) is 17.0 Å². The number of hydrogen-bond donors (Lipinski definition) is 2. The Kier molecular flexibility index (Phi) is 3.77. The maximum absolute atomic E-state index is 12.8. The summed E-state index contributed by atoms with van der Waals surface area (Å²) >= 11 is 0. The average molecular weight is 364 g/mol. The molecule has 2 aromatic heterocycles. The van der Waals surface area contributed by atoms with Gasteiger partial charge in [0.2, 0.25) is 0 Å². The highest BCUT2D eigenvalue weighted by atomic mass is 16.4. The minimum atomic E-state index is -1.74. The van der Waals surface area contributed by atoms with Gasteiger partial charge in [-0.15, -0.1) is 0 Å². The largest absolute Gasteiger partial charge is 0.507 e. The molecule has 0 bridgehead atoms. The number of carboxylic acids is 1. The zero-order valence-corrected chi connectivity index (χ0v) is 13.7. The molecule has 0 fully saturated rings. The molecule has 0 saturated heterocycles. The zero-order valence-electron chi connectivity index (χ0n) is 13.7. The second-order valence-corrected chi connectivity index (χ2v) is 5.94. The van der Waals surface area contributed by atoms with E-state index in [1.54, 1.807) is 30.3 Å². The first kappa shape index (κ1) is 16.6. The zero-order chi connectivity index (χ0) is 19.1. The lowest BCUT2D eigenvalue weighted by atomic mass is 9.91. The lowest BCUT2D eigenvalue weighted by Crippen LogP contribution is -2.26. The Hall–Kier alpha value is -3.87. The van der Waals surface area contributed by atoms with E-state index < -0.39 is 34.3 Å². The molecule has 7 nitrogen and oxygen atoms in total. The maximum atomic E-state index is 12.8. The molecular weight excluding hydrogens is 352 g/mol. The van der Waals surface area contributed by atoms with Crippen molar-refractivity contribution in [2.24, 2.45) is 0 Å². The Morgan fingerprint density at radius 1 is 0.926 bits per heavy atom. The molecule has 1 atom stereocenters. The molecular formula is C20H12O7. The Balaban J connectivity index is 2.05. The van der Waals surface area contributed by atoms with Crippen LogP contribution < -0.4 is 11.1 Å². The van der Waals surface area contributed by atoms with E-state index in [2.05, 4.69) is 0 Å². The van der Waals surface area contributed by atoms with E-state index in [0.717, 1.165) is 6.26 Å². The molecule has 0 aliphatic rings. The SMILES string of the molecule is O=C(O)C(c1c(O)c2ccccc2oc1=O)c1coc2ccccc2c1=O. The van der Waals surface area contributed by atoms with E-state index in [1.165, 1.54) is 18.2 Å². The smallest absolute Gasteiger partial charge is 0.344 e. The summed E-state index contributed by atoms with van der Waals surface area (Å²) in [6.07, 6.45) is 0.998. The van der Waals surface area contributed by atoms with Crippen molar-refractivity contribution in [2.45, 2.75) is 5.92 Å². The number of rotatable bonds is 3. The van der Waals surface area contributed by atoms with Gasteiger partial charge in [-0.05, 0) is 24.3 Å². The summed E-state index contributed by atoms with van der Waals surface area (Å²) in [5.41, 5.74) is -2.05. The third kappa shape index (κ3) is 2.56. The predicted molar refractivity (Wildman–Crippen MR) is 96.1 cm³/mol. The molecule has 4 aromatic rings. The van der Waals surface area contributed by atoms with Crippen LogP contribution in [0.5, 0.6) is 5.75 Å². The second kappa shape index (κ2) is 6.14. The monoisotopic (exact) mass is 364 g/mol. The minimum Gasteiger partial charge on any atom is -0.507 e. The summed E-state index contributed by atoms with van der Waals surface area (Å²) < 4.78 is 10.5. The van der Waals surface area contributed by atoms with Crippen LogP contribution in [0, 0.1) is 0 Å². The number of aromatic hydroxyl groups is 1. The normalized spacial score (nSPS) is 12.3. The molecule has 27 heavy (non-hydrogen) atoms. The van der Waals surface area contributed by atoms with Crippen LogP contribution in [0.4, 0.5) is 0 Å². The fourth-order valence-corrected chi connectivity index (χ4v) is 3.11. The topological polar surface area (TPSA) is 118 Å². The summed E-state index contributed by atoms with van der Waals surface area (Å²) in [6, 6.07) is 12.5. The van der Waals surface area contributed by atoms with E-state index in [0.29, 0.717) is 0 Å². The van der Waals surface area contributed by atoms with Gasteiger partial charge in [0.05, 0.1) is 28.2 Å². The molecule has 0 amide bonds. The van der Waals surface area contributed by atoms with Crippen molar-refractivity contribution in [3.05, 3.63) is 86.6 Å². The first-order valence-electron chi connectivity index (χ1n) is 7.97. The number of aliphatic carboxylic acids is 1. The van der Waals surface area contributed by atoms with Gasteiger partial charge in [-0.25, -0.2) is 4.79 Å². The Morgan fingerprint density at radius 3 is 2.26 bits per heavy atom. The molecule has 2 N–H and O–H groups in total. The number of fused-ring (bicyclic) bond motifs is 2. The number of para-hydroxylation sites is 2. The van der Waals surface area contributed by atoms with Gasteiger partial charge < -0.3 is 19.0 Å². The number of carboxylic acid groups (broad SMARTS) is 1. The highest BCUT2D eigenvalue weighted by Crippen LogP contribution is 2.33. The molecule has 0 aliphatic heterocycles. The van der Waals surface area contributed by atoms with Gasteiger partial charge in [-0.3, -0.25) is 9.59 Å². The van der Waals surface area contributed by atoms with Crippen molar-refractivity contribution in [1.82, 2.24) is 0 Å². The molecule has 7 heteroatoms. The van der Waals surface area contributed by atoms with Gasteiger partial charge >= 0.3 is 11.6 Å². The fourth-order valence-electron chi connectivity index (χ4n) is 3.11. The van der Waals surface area contributed by atoms with Crippen molar-refractivity contribution in [3.63, 3.8) is 0 Å². The molecule has 2 heterocycles. The van der Waals surface area contributed by atoms with Crippen LogP contribution in [0.3, 0.4) is 0 Å². The van der Waals surface area contributed by atoms with E-state index in [1.807, 2.05) is 0 Å². The quantitative estimate of drug-likeness (QED) is 0.537. The minimum absolute atomic E-state index is 0.110. The maximum Gasteiger partial charge on any atom is 0.344 e. The van der Waals surface area contributed by atoms with Crippen molar-refractivity contribution >= 4 is 27.9 Å². The van der Waals surface area contributed by atoms with Gasteiger partial charge in [-0.2, -0.15) is 0 Å². The van der Waals surface area contributed by atoms with Crippen molar-refractivity contribution in [2.75, 3.05) is 0 Å². The highest BCUT2D eigenvalue weighted by molar-refractivity contribution is 5.89. The van der Waals surface area contributed by atoms with Gasteiger partial charge in [0.1, 0.15) is 22.8 Å². The first-order chi connectivity index (χ1) is 13.0. The third-order valence-corrected chi connectivity index (χ3v) is 4.37. The second-order valence-electron chi connectivity index (χ2n) is 5.94. The van der Waals surface area contributed by atoms with Crippen LogP contribution in [-0.2, 0) is 4.79 Å². The van der Waals surface area contributed by atoms with Gasteiger partial charge in [0, 0.05) is 0 Å². The van der Waals surface area contributed by atoms with E-state index in [-0.39, 0.29) is 27.5 Å². The average Bonchev–Trinajstić information content (AvgIpc) is 2.66. The summed E-state index contributed by atoms with van der Waals surface area (Å²) in [4.78, 5) is 37.2. The first-order valence-corrected chi connectivity index (χ1v) is 7.97. The van der Waals surface area contributed by atoms with Crippen LogP contribution in [0.2, 0.25) is 0 Å². The molecule has 2 aromatic carbocycles. The lowest BCUT2D eigenvalue weighted by Gasteiger charge is -2.14. The molecule has 134 valence electrons. The highest BCUT2D eigenvalue weighted by Gasteiger charge is 2.33. The van der Waals surface area contributed by atoms with Gasteiger partial charge in [0.15, 0.2) is 5.43 Å². The standard InChI is InChI=1S/C20H12O7/c21-17-10-5-1-3-7-13(10)26-9-12(17)15(19(23)24)16-18(22)11-6-2-4-8-14(11)27-20(16)25/h1-9,15,22H,(H,23,24). The predicted octanol–water partition coefficient (Wildman–Crippen LogP) is 2.82. The van der Waals surface area contributed by atoms with E-state index >= 15 is 0 Å². The number of benzene rings is 2. The van der Waals surface area contributed by atoms with Gasteiger partial charge in [0.25, 0.3) is 0 Å². The Bertz CT molecular complexity index is 1310. The lowest BCUT2D eigenvalue weighted by molar-refractivity contribution is -0.137. The van der Waals surface area contributed by atoms with Crippen LogP contribution in [0.15, 0.2) is 73.2 Å². The third-order valence-electron chi connectivity index (χ3n) is 4.37. The van der Waals surface area contributed by atoms with E-state index in [4.69, 9.17) is 8.83 Å². The van der Waals surface area contributed by atoms with Crippen LogP contribution in [0.25, 0.3) is 21.9 Å². The molecule has 0 saturated carbocycles. The van der Waals surface area contributed by atoms with Crippen molar-refractivity contribution < 1.29 is 23.8 Å². The Labute approximate surface area is 150 Å². The molecule has 0 spiro atoms. The van der Waals surface area contributed by atoms with Crippen LogP contribution >= 0.6 is 0 Å². The summed E-state index contributed by atoms with van der Waals surface area (Å²) in [7, 11) is 0. The Morgan fingerprint density at radius 2 is 1.56 bits per heavy atom. The summed E-state index contributed by atoms with van der Waals surface area (Å²) in [5, 5.41) is 20.6. The van der Waals surface area contributed by atoms with E-state index in [9.17, 15) is 24.6 Å². The summed E-state index contributed by atoms with van der Waals surface area (Å²) in [6.45, 7) is 0. The molecule has 1 unspecified atom stereocenters. The number of carbonyl (C=O) groups is 1. The molecule has 4 rings (SSSR count). The fraction of sp³-hybridized carbons (Fsp3) is 0.0500. The van der Waals surface area contributed by atoms with Crippen molar-refractivity contribution in [1.29, 1.82) is 0 Å². The van der Waals surface area contributed by atoms with Gasteiger partial charge in [-0.1, -0.05) is 24.3 Å². The molecule has 0 radical (unpaired) electrons. The number of hydrogen-bond acceptors (Lipinski definition) is 6.